The van der Waals surface area contributed by atoms with E-state index >= 15 is 0 Å². The van der Waals surface area contributed by atoms with E-state index in [1.54, 1.807) is 19.4 Å². The summed E-state index contributed by atoms with van der Waals surface area (Å²) in [5, 5.41) is 12.2. The Kier molecular flexibility index (Phi) is 7.69. The van der Waals surface area contributed by atoms with Crippen LogP contribution in [0.3, 0.4) is 0 Å². The number of ether oxygens (including phenoxy) is 1. The van der Waals surface area contributed by atoms with E-state index in [1.165, 1.54) is 17.3 Å². The van der Waals surface area contributed by atoms with Gasteiger partial charge in [-0.25, -0.2) is 0 Å². The fourth-order valence-corrected chi connectivity index (χ4v) is 3.51. The van der Waals surface area contributed by atoms with Crippen LogP contribution in [-0.2, 0) is 35.5 Å². The Morgan fingerprint density at radius 2 is 2.04 bits per heavy atom. The van der Waals surface area contributed by atoms with E-state index in [-0.39, 0.29) is 11.7 Å². The predicted octanol–water partition coefficient (Wildman–Crippen LogP) is 2.71. The largest absolute Gasteiger partial charge is 0.467 e. The summed E-state index contributed by atoms with van der Waals surface area (Å²) in [5.41, 5.74) is 1.26. The van der Waals surface area contributed by atoms with Gasteiger partial charge in [-0.3, -0.25) is 4.79 Å². The Hall–Kier alpha value is -2.58. The molecule has 148 valence electrons. The van der Waals surface area contributed by atoms with E-state index in [4.69, 9.17) is 9.15 Å². The summed E-state index contributed by atoms with van der Waals surface area (Å²) in [6.07, 6.45) is 3.26. The van der Waals surface area contributed by atoms with Gasteiger partial charge in [-0.05, 0) is 24.1 Å². The zero-order valence-corrected chi connectivity index (χ0v) is 16.7. The molecule has 0 radical (unpaired) electrons. The number of amides is 1. The molecule has 0 saturated heterocycles. The molecule has 0 saturated carbocycles. The van der Waals surface area contributed by atoms with Gasteiger partial charge in [0.15, 0.2) is 5.16 Å². The van der Waals surface area contributed by atoms with E-state index in [2.05, 4.69) is 27.6 Å². The maximum Gasteiger partial charge on any atom is 0.230 e. The van der Waals surface area contributed by atoms with E-state index < -0.39 is 0 Å². The van der Waals surface area contributed by atoms with Gasteiger partial charge < -0.3 is 19.0 Å². The number of carbonyl (C=O) groups excluding carboxylic acids is 1. The molecule has 0 fully saturated rings. The average molecular weight is 401 g/mol. The number of benzene rings is 1. The van der Waals surface area contributed by atoms with Gasteiger partial charge in [-0.2, -0.15) is 0 Å². The normalized spacial score (nSPS) is 10.9. The third-order valence-electron chi connectivity index (χ3n) is 4.16. The number of aromatic nitrogens is 3. The molecule has 0 aliphatic rings. The van der Waals surface area contributed by atoms with Crippen LogP contribution in [0.15, 0.2) is 58.3 Å². The van der Waals surface area contributed by atoms with Gasteiger partial charge in [-0.15, -0.1) is 10.2 Å². The first kappa shape index (κ1) is 20.2. The summed E-state index contributed by atoms with van der Waals surface area (Å²) in [5.74, 6) is 1.82. The van der Waals surface area contributed by atoms with Crippen LogP contribution in [0.2, 0.25) is 0 Å². The summed E-state index contributed by atoms with van der Waals surface area (Å²) in [6, 6.07) is 13.9. The highest BCUT2D eigenvalue weighted by molar-refractivity contribution is 7.99. The Bertz CT molecular complexity index is 850. The van der Waals surface area contributed by atoms with E-state index in [0.717, 1.165) is 29.6 Å². The smallest absolute Gasteiger partial charge is 0.230 e. The van der Waals surface area contributed by atoms with Crippen molar-refractivity contribution < 1.29 is 13.9 Å². The molecular weight excluding hydrogens is 376 g/mol. The number of thioether (sulfide) groups is 1. The van der Waals surface area contributed by atoms with Crippen molar-refractivity contribution in [3.8, 4) is 0 Å². The lowest BCUT2D eigenvalue weighted by Crippen LogP contribution is -2.24. The van der Waals surface area contributed by atoms with Crippen LogP contribution in [0.5, 0.6) is 0 Å². The second-order valence-electron chi connectivity index (χ2n) is 6.17. The van der Waals surface area contributed by atoms with Crippen LogP contribution in [-0.4, -0.2) is 40.1 Å². The van der Waals surface area contributed by atoms with Crippen LogP contribution in [0.25, 0.3) is 0 Å². The highest BCUT2D eigenvalue weighted by Gasteiger charge is 2.14. The Morgan fingerprint density at radius 3 is 2.79 bits per heavy atom. The molecule has 0 atom stereocenters. The maximum atomic E-state index is 12.1. The second-order valence-corrected chi connectivity index (χ2v) is 7.12. The fraction of sp³-hybridized carbons (Fsp3) is 0.350. The number of aryl methyl sites for hydroxylation is 2. The zero-order valence-electron chi connectivity index (χ0n) is 15.8. The van der Waals surface area contributed by atoms with Gasteiger partial charge in [0.25, 0.3) is 0 Å². The second kappa shape index (κ2) is 10.7. The lowest BCUT2D eigenvalue weighted by Gasteiger charge is -2.10. The average Bonchev–Trinajstić information content (AvgIpc) is 3.38. The molecule has 28 heavy (non-hydrogen) atoms. The Morgan fingerprint density at radius 1 is 1.18 bits per heavy atom. The van der Waals surface area contributed by atoms with Crippen molar-refractivity contribution in [1.82, 2.24) is 20.1 Å². The lowest BCUT2D eigenvalue weighted by molar-refractivity contribution is -0.118. The van der Waals surface area contributed by atoms with Gasteiger partial charge in [0.1, 0.15) is 11.6 Å². The molecule has 3 rings (SSSR count). The van der Waals surface area contributed by atoms with Crippen molar-refractivity contribution in [3.63, 3.8) is 0 Å². The molecule has 7 nitrogen and oxygen atoms in total. The number of furan rings is 1. The molecule has 2 heterocycles. The summed E-state index contributed by atoms with van der Waals surface area (Å²) < 4.78 is 12.5. The van der Waals surface area contributed by atoms with Gasteiger partial charge in [0.2, 0.25) is 5.91 Å². The molecule has 1 aromatic carbocycles. The van der Waals surface area contributed by atoms with E-state index in [0.29, 0.717) is 19.7 Å². The summed E-state index contributed by atoms with van der Waals surface area (Å²) in [7, 11) is 1.67. The molecule has 0 aliphatic heterocycles. The van der Waals surface area contributed by atoms with Crippen molar-refractivity contribution in [3.05, 3.63) is 65.9 Å². The van der Waals surface area contributed by atoms with Gasteiger partial charge in [0, 0.05) is 20.1 Å². The van der Waals surface area contributed by atoms with Gasteiger partial charge >= 0.3 is 0 Å². The topological polar surface area (TPSA) is 82.2 Å². The molecule has 0 spiro atoms. The van der Waals surface area contributed by atoms with Gasteiger partial charge in [-0.1, -0.05) is 42.1 Å². The van der Waals surface area contributed by atoms with Crippen LogP contribution < -0.4 is 5.32 Å². The molecule has 1 N–H and O–H groups in total. The number of methoxy groups -OCH3 is 1. The molecule has 0 bridgehead atoms. The molecule has 0 aliphatic carbocycles. The van der Waals surface area contributed by atoms with Crippen molar-refractivity contribution in [2.45, 2.75) is 31.1 Å². The third-order valence-corrected chi connectivity index (χ3v) is 5.13. The summed E-state index contributed by atoms with van der Waals surface area (Å²) in [4.78, 5) is 12.1. The molecule has 1 amide bonds. The monoisotopic (exact) mass is 400 g/mol. The van der Waals surface area contributed by atoms with Crippen molar-refractivity contribution in [1.29, 1.82) is 0 Å². The standard InChI is InChI=1S/C20H24N4O3S/c1-26-13-11-24-18(10-9-16-6-3-2-4-7-16)22-23-20(24)28-15-19(25)21-14-17-8-5-12-27-17/h2-8,12H,9-11,13-15H2,1H3,(H,21,25). The molecule has 8 heteroatoms. The van der Waals surface area contributed by atoms with Crippen LogP contribution in [0.1, 0.15) is 17.1 Å². The summed E-state index contributed by atoms with van der Waals surface area (Å²) in [6.45, 7) is 1.60. The minimum absolute atomic E-state index is 0.0754. The van der Waals surface area contributed by atoms with Crippen LogP contribution >= 0.6 is 11.8 Å². The highest BCUT2D eigenvalue weighted by atomic mass is 32.2. The van der Waals surface area contributed by atoms with E-state index in [1.807, 2.05) is 28.8 Å². The number of carbonyl (C=O) groups is 1. The van der Waals surface area contributed by atoms with E-state index in [9.17, 15) is 4.79 Å². The first-order valence-corrected chi connectivity index (χ1v) is 10.1. The number of nitrogens with zero attached hydrogens (tertiary/aromatic N) is 3. The minimum Gasteiger partial charge on any atom is -0.467 e. The zero-order chi connectivity index (χ0) is 19.6. The third kappa shape index (κ3) is 5.97. The molecule has 3 aromatic rings. The molecule has 2 aromatic heterocycles. The molecule has 0 unspecified atom stereocenters. The van der Waals surface area contributed by atoms with Crippen molar-refractivity contribution >= 4 is 17.7 Å². The number of hydrogen-bond donors (Lipinski definition) is 1. The quantitative estimate of drug-likeness (QED) is 0.499. The Balaban J connectivity index is 1.56. The first-order chi connectivity index (χ1) is 13.8. The first-order valence-electron chi connectivity index (χ1n) is 9.13. The SMILES string of the molecule is COCCn1c(CCc2ccccc2)nnc1SCC(=O)NCc1ccco1. The summed E-state index contributed by atoms with van der Waals surface area (Å²) >= 11 is 1.38. The number of hydrogen-bond acceptors (Lipinski definition) is 6. The fourth-order valence-electron chi connectivity index (χ4n) is 2.70. The Labute approximate surface area is 168 Å². The lowest BCUT2D eigenvalue weighted by atomic mass is 10.1. The van der Waals surface area contributed by atoms with Crippen molar-refractivity contribution in [2.24, 2.45) is 0 Å². The molecular formula is C20H24N4O3S. The van der Waals surface area contributed by atoms with Gasteiger partial charge in [0.05, 0.1) is 25.2 Å². The van der Waals surface area contributed by atoms with Crippen LogP contribution in [0, 0.1) is 0 Å². The van der Waals surface area contributed by atoms with Crippen LogP contribution in [0.4, 0.5) is 0 Å². The minimum atomic E-state index is -0.0754. The highest BCUT2D eigenvalue weighted by Crippen LogP contribution is 2.18. The van der Waals surface area contributed by atoms with Crippen molar-refractivity contribution in [2.75, 3.05) is 19.5 Å². The predicted molar refractivity (Wildman–Crippen MR) is 107 cm³/mol. The number of nitrogens with one attached hydrogen (secondary N) is 1. The maximum absolute atomic E-state index is 12.1. The number of rotatable bonds is 11.